The molecule has 20 heteroatoms. The molecule has 40 heavy (non-hydrogen) atoms. The van der Waals surface area contributed by atoms with E-state index in [0.29, 0.717) is 5.82 Å². The quantitative estimate of drug-likeness (QED) is 0.177. The number of ether oxygens (including phenoxy) is 1. The van der Waals surface area contributed by atoms with Crippen LogP contribution in [0.3, 0.4) is 0 Å². The SMILES string of the molecule is CN(c1nc(Cl)nc2c1nnn2[C@@H]1O[C@H](COP(=O)(O)C(F)(F)P(=O)(O)O)[C@@H](O)[C@H]1O)[C@H]1CCc2ccccc21. The molecule has 0 saturated carbocycles. The van der Waals surface area contributed by atoms with Crippen molar-refractivity contribution < 1.29 is 52.1 Å². The molecule has 2 aromatic heterocycles. The fourth-order valence-corrected chi connectivity index (χ4v) is 6.93. The molecule has 5 rings (SSSR count). The molecule has 15 nitrogen and oxygen atoms in total. The maximum atomic E-state index is 13.8. The summed E-state index contributed by atoms with van der Waals surface area (Å²) < 4.78 is 61.0. The Bertz CT molecular complexity index is 1540. The number of aryl methyl sites for hydroxylation is 1. The van der Waals surface area contributed by atoms with Gasteiger partial charge in [0.1, 0.15) is 18.3 Å². The molecule has 3 aromatic rings. The smallest absolute Gasteiger partial charge is 0.387 e. The van der Waals surface area contributed by atoms with Gasteiger partial charge in [0.2, 0.25) is 5.28 Å². The van der Waals surface area contributed by atoms with Crippen LogP contribution in [0.1, 0.15) is 29.8 Å². The van der Waals surface area contributed by atoms with Crippen molar-refractivity contribution in [2.24, 2.45) is 0 Å². The second kappa shape index (κ2) is 10.3. The molecule has 1 saturated heterocycles. The van der Waals surface area contributed by atoms with Gasteiger partial charge in [0.15, 0.2) is 23.2 Å². The molecule has 2 aliphatic rings. The Morgan fingerprint density at radius 2 is 1.90 bits per heavy atom. The van der Waals surface area contributed by atoms with Gasteiger partial charge in [0.05, 0.1) is 12.6 Å². The lowest BCUT2D eigenvalue weighted by Gasteiger charge is -2.26. The largest absolute Gasteiger partial charge is 0.443 e. The van der Waals surface area contributed by atoms with Crippen LogP contribution in [-0.4, -0.2) is 87.2 Å². The zero-order chi connectivity index (χ0) is 29.2. The normalized spacial score (nSPS) is 26.7. The molecule has 0 amide bonds. The van der Waals surface area contributed by atoms with E-state index in [9.17, 15) is 33.0 Å². The minimum absolute atomic E-state index is 0.00758. The second-order valence-corrected chi connectivity index (χ2v) is 13.5. The van der Waals surface area contributed by atoms with Crippen LogP contribution in [0.15, 0.2) is 24.3 Å². The average molecular weight is 627 g/mol. The third-order valence-corrected chi connectivity index (χ3v) is 10.5. The highest BCUT2D eigenvalue weighted by Gasteiger charge is 2.65. The topological polar surface area (TPSA) is 213 Å². The molecule has 0 spiro atoms. The maximum absolute atomic E-state index is 13.8. The van der Waals surface area contributed by atoms with E-state index < -0.39 is 51.7 Å². The molecule has 0 radical (unpaired) electrons. The molecule has 5 N–H and O–H groups in total. The summed E-state index contributed by atoms with van der Waals surface area (Å²) in [4.78, 5) is 37.2. The van der Waals surface area contributed by atoms with Gasteiger partial charge in [-0.25, -0.2) is 0 Å². The summed E-state index contributed by atoms with van der Waals surface area (Å²) in [5.74, 6) is 0.316. The van der Waals surface area contributed by atoms with Gasteiger partial charge in [-0.05, 0) is 35.6 Å². The number of hydrogen-bond donors (Lipinski definition) is 5. The summed E-state index contributed by atoms with van der Waals surface area (Å²) in [7, 11) is -10.8. The third kappa shape index (κ3) is 4.83. The molecule has 1 aliphatic heterocycles. The van der Waals surface area contributed by atoms with Crippen molar-refractivity contribution >= 4 is 43.8 Å². The first-order valence-corrected chi connectivity index (χ1v) is 15.2. The number of alkyl halides is 2. The molecule has 3 heterocycles. The first-order valence-electron chi connectivity index (χ1n) is 11.7. The molecular formula is C20H23ClF2N6O9P2. The van der Waals surface area contributed by atoms with E-state index in [1.54, 1.807) is 7.05 Å². The lowest BCUT2D eigenvalue weighted by atomic mass is 10.1. The molecular weight excluding hydrogens is 604 g/mol. The van der Waals surface area contributed by atoms with Crippen molar-refractivity contribution in [3.63, 3.8) is 0 Å². The monoisotopic (exact) mass is 626 g/mol. The van der Waals surface area contributed by atoms with Crippen LogP contribution in [0.5, 0.6) is 0 Å². The number of aromatic nitrogens is 5. The minimum Gasteiger partial charge on any atom is -0.387 e. The first kappa shape index (κ1) is 29.3. The van der Waals surface area contributed by atoms with Gasteiger partial charge in [0, 0.05) is 7.05 Å². The predicted octanol–water partition coefficient (Wildman–Crippen LogP) is 1.55. The van der Waals surface area contributed by atoms with Crippen LogP contribution in [-0.2, 0) is 24.8 Å². The predicted molar refractivity (Wildman–Crippen MR) is 133 cm³/mol. The van der Waals surface area contributed by atoms with Crippen LogP contribution in [0, 0.1) is 0 Å². The third-order valence-electron chi connectivity index (χ3n) is 6.86. The van der Waals surface area contributed by atoms with Gasteiger partial charge in [0.25, 0.3) is 0 Å². The Labute approximate surface area is 229 Å². The first-order chi connectivity index (χ1) is 18.6. The van der Waals surface area contributed by atoms with Crippen molar-refractivity contribution in [3.8, 4) is 0 Å². The number of aliphatic hydroxyl groups excluding tert-OH is 2. The van der Waals surface area contributed by atoms with Crippen LogP contribution in [0.4, 0.5) is 14.6 Å². The summed E-state index contributed by atoms with van der Waals surface area (Å²) >= 11 is 6.20. The molecule has 1 aliphatic carbocycles. The van der Waals surface area contributed by atoms with E-state index in [0.717, 1.165) is 23.1 Å². The van der Waals surface area contributed by atoms with Crippen LogP contribution in [0.25, 0.3) is 11.2 Å². The maximum Gasteiger partial charge on any atom is 0.443 e. The number of anilines is 1. The molecule has 1 unspecified atom stereocenters. The van der Waals surface area contributed by atoms with E-state index in [1.807, 2.05) is 29.2 Å². The summed E-state index contributed by atoms with van der Waals surface area (Å²) in [6, 6.07) is 7.86. The lowest BCUT2D eigenvalue weighted by Crippen LogP contribution is -2.34. The minimum atomic E-state index is -6.38. The van der Waals surface area contributed by atoms with E-state index in [2.05, 4.69) is 24.8 Å². The van der Waals surface area contributed by atoms with Crippen LogP contribution >= 0.6 is 26.8 Å². The highest BCUT2D eigenvalue weighted by molar-refractivity contribution is 7.72. The van der Waals surface area contributed by atoms with E-state index in [4.69, 9.17) is 26.1 Å². The standard InChI is InChI=1S/C20H23ClF2N6O9P2/c1-28(11-7-6-9-4-2-3-5-10(9)11)16-13-17(25-19(21)24-16)29(27-26-13)18-15(31)14(30)12(38-18)8-37-40(35,36)20(22,23)39(32,33)34/h2-5,11-12,14-15,18,30-31H,6-8H2,1H3,(H,35,36)(H2,32,33,34)/t11-,12+,14+,15+,18+/m0/s1. The van der Waals surface area contributed by atoms with Crippen molar-refractivity contribution in [1.82, 2.24) is 25.0 Å². The molecule has 1 fully saturated rings. The number of aliphatic hydroxyl groups is 2. The van der Waals surface area contributed by atoms with Gasteiger partial charge < -0.3 is 39.1 Å². The number of rotatable bonds is 8. The number of nitrogens with zero attached hydrogens (tertiary/aromatic N) is 6. The fourth-order valence-electron chi connectivity index (χ4n) is 4.78. The van der Waals surface area contributed by atoms with E-state index in [-0.39, 0.29) is 22.5 Å². The van der Waals surface area contributed by atoms with Gasteiger partial charge in [-0.15, -0.1) is 5.10 Å². The van der Waals surface area contributed by atoms with Crippen molar-refractivity contribution in [1.29, 1.82) is 0 Å². The van der Waals surface area contributed by atoms with Gasteiger partial charge >= 0.3 is 20.6 Å². The second-order valence-electron chi connectivity index (χ2n) is 9.30. The zero-order valence-electron chi connectivity index (χ0n) is 20.4. The summed E-state index contributed by atoms with van der Waals surface area (Å²) in [5.41, 5.74) is 2.45. The van der Waals surface area contributed by atoms with Crippen LogP contribution in [0.2, 0.25) is 5.28 Å². The number of benzene rings is 1. The molecule has 1 aromatic carbocycles. The van der Waals surface area contributed by atoms with E-state index >= 15 is 0 Å². The zero-order valence-corrected chi connectivity index (χ0v) is 22.9. The summed E-state index contributed by atoms with van der Waals surface area (Å²) in [6.45, 7) is -1.24. The van der Waals surface area contributed by atoms with Gasteiger partial charge in [-0.1, -0.05) is 29.5 Å². The van der Waals surface area contributed by atoms with Crippen LogP contribution < -0.4 is 4.90 Å². The molecule has 0 bridgehead atoms. The Morgan fingerprint density at radius 1 is 1.20 bits per heavy atom. The number of hydrogen-bond acceptors (Lipinski definition) is 11. The fraction of sp³-hybridized carbons (Fsp3) is 0.500. The Balaban J connectivity index is 1.40. The average Bonchev–Trinajstić information content (AvgIpc) is 3.57. The highest BCUT2D eigenvalue weighted by atomic mass is 35.5. The number of halogens is 3. The molecule has 6 atom stereocenters. The Kier molecular flexibility index (Phi) is 7.53. The highest BCUT2D eigenvalue weighted by Crippen LogP contribution is 2.73. The summed E-state index contributed by atoms with van der Waals surface area (Å²) in [5, 5.41) is 23.4. The Morgan fingerprint density at radius 3 is 2.60 bits per heavy atom. The molecule has 218 valence electrons. The van der Waals surface area contributed by atoms with E-state index in [1.165, 1.54) is 5.56 Å². The van der Waals surface area contributed by atoms with Crippen molar-refractivity contribution in [2.75, 3.05) is 18.6 Å². The van der Waals surface area contributed by atoms with Crippen molar-refractivity contribution in [3.05, 3.63) is 40.7 Å². The van der Waals surface area contributed by atoms with Crippen molar-refractivity contribution in [2.45, 2.75) is 48.8 Å². The Hall–Kier alpha value is -2.17. The lowest BCUT2D eigenvalue weighted by molar-refractivity contribution is -0.0570. The summed E-state index contributed by atoms with van der Waals surface area (Å²) in [6.07, 6.45) is -5.23. The van der Waals surface area contributed by atoms with Gasteiger partial charge in [-0.3, -0.25) is 9.13 Å². The van der Waals surface area contributed by atoms with Gasteiger partial charge in [-0.2, -0.15) is 23.4 Å². The number of fused-ring (bicyclic) bond motifs is 2.